The third-order valence-corrected chi connectivity index (χ3v) is 3.27. The van der Waals surface area contributed by atoms with Gasteiger partial charge in [0.1, 0.15) is 11.6 Å². The average molecular weight is 262 g/mol. The van der Waals surface area contributed by atoms with Gasteiger partial charge in [-0.15, -0.1) is 0 Å². The van der Waals surface area contributed by atoms with Crippen LogP contribution in [0.1, 0.15) is 6.92 Å². The van der Waals surface area contributed by atoms with Gasteiger partial charge in [0, 0.05) is 11.8 Å². The highest BCUT2D eigenvalue weighted by Gasteiger charge is 2.09. The Labute approximate surface area is 109 Å². The highest BCUT2D eigenvalue weighted by molar-refractivity contribution is 7.99. The molecule has 0 spiro atoms. The lowest BCUT2D eigenvalue weighted by Crippen LogP contribution is -2.02. The van der Waals surface area contributed by atoms with E-state index in [0.29, 0.717) is 15.5 Å². The van der Waals surface area contributed by atoms with Gasteiger partial charge in [0.2, 0.25) is 0 Å². The van der Waals surface area contributed by atoms with Gasteiger partial charge in [-0.25, -0.2) is 4.39 Å². The van der Waals surface area contributed by atoms with Crippen molar-refractivity contribution in [1.29, 1.82) is 0 Å². The highest BCUT2D eigenvalue weighted by atomic mass is 32.2. The van der Waals surface area contributed by atoms with Gasteiger partial charge < -0.3 is 4.74 Å². The SMILES string of the molecule is CC(=O)Oc1ccccc1Sc1ccccc1F. The Kier molecular flexibility index (Phi) is 3.99. The molecule has 4 heteroatoms. The number of carbonyl (C=O) groups excluding carboxylic acids is 1. The fourth-order valence-corrected chi connectivity index (χ4v) is 2.33. The van der Waals surface area contributed by atoms with E-state index in [4.69, 9.17) is 4.74 Å². The van der Waals surface area contributed by atoms with Crippen molar-refractivity contribution in [2.45, 2.75) is 16.7 Å². The third kappa shape index (κ3) is 3.11. The predicted molar refractivity (Wildman–Crippen MR) is 68.3 cm³/mol. The number of esters is 1. The lowest BCUT2D eigenvalue weighted by Gasteiger charge is -2.08. The normalized spacial score (nSPS) is 10.1. The first-order valence-electron chi connectivity index (χ1n) is 5.36. The standard InChI is InChI=1S/C14H11FO2S/c1-10(16)17-12-7-3-5-9-14(12)18-13-8-4-2-6-11(13)15/h2-9H,1H3. The second-order valence-electron chi connectivity index (χ2n) is 3.57. The van der Waals surface area contributed by atoms with Crippen LogP contribution < -0.4 is 4.74 Å². The lowest BCUT2D eigenvalue weighted by molar-refractivity contribution is -0.132. The molecule has 0 atom stereocenters. The van der Waals surface area contributed by atoms with Gasteiger partial charge in [-0.3, -0.25) is 4.79 Å². The van der Waals surface area contributed by atoms with Gasteiger partial charge >= 0.3 is 5.97 Å². The molecular formula is C14H11FO2S. The Bertz CT molecular complexity index is 569. The molecule has 0 saturated heterocycles. The summed E-state index contributed by atoms with van der Waals surface area (Å²) >= 11 is 1.23. The van der Waals surface area contributed by atoms with Crippen LogP contribution in [-0.4, -0.2) is 5.97 Å². The second kappa shape index (κ2) is 5.69. The van der Waals surface area contributed by atoms with Gasteiger partial charge in [0.15, 0.2) is 0 Å². The molecule has 18 heavy (non-hydrogen) atoms. The molecule has 0 N–H and O–H groups in total. The molecule has 0 amide bonds. The lowest BCUT2D eigenvalue weighted by atomic mass is 10.3. The maximum Gasteiger partial charge on any atom is 0.308 e. The van der Waals surface area contributed by atoms with Crippen LogP contribution in [-0.2, 0) is 4.79 Å². The summed E-state index contributed by atoms with van der Waals surface area (Å²) in [5.41, 5.74) is 0. The summed E-state index contributed by atoms with van der Waals surface area (Å²) in [5, 5.41) is 0. The molecule has 2 rings (SSSR count). The van der Waals surface area contributed by atoms with Crippen molar-refractivity contribution in [2.24, 2.45) is 0 Å². The largest absolute Gasteiger partial charge is 0.426 e. The van der Waals surface area contributed by atoms with E-state index in [1.807, 2.05) is 6.07 Å². The zero-order valence-corrected chi connectivity index (χ0v) is 10.5. The van der Waals surface area contributed by atoms with Crippen LogP contribution in [0, 0.1) is 5.82 Å². The van der Waals surface area contributed by atoms with E-state index in [-0.39, 0.29) is 5.82 Å². The molecule has 0 saturated carbocycles. The molecule has 0 fully saturated rings. The summed E-state index contributed by atoms with van der Waals surface area (Å²) in [4.78, 5) is 12.2. The summed E-state index contributed by atoms with van der Waals surface area (Å²) in [6.45, 7) is 1.34. The van der Waals surface area contributed by atoms with Crippen molar-refractivity contribution in [3.63, 3.8) is 0 Å². The first-order chi connectivity index (χ1) is 8.66. The predicted octanol–water partition coefficient (Wildman–Crippen LogP) is 3.90. The van der Waals surface area contributed by atoms with E-state index in [0.717, 1.165) is 0 Å². The molecule has 0 aliphatic rings. The van der Waals surface area contributed by atoms with Crippen molar-refractivity contribution < 1.29 is 13.9 Å². The summed E-state index contributed by atoms with van der Waals surface area (Å²) in [6.07, 6.45) is 0. The molecule has 0 unspecified atom stereocenters. The topological polar surface area (TPSA) is 26.3 Å². The summed E-state index contributed by atoms with van der Waals surface area (Å²) < 4.78 is 18.6. The maximum atomic E-state index is 13.5. The minimum atomic E-state index is -0.392. The van der Waals surface area contributed by atoms with E-state index in [1.165, 1.54) is 24.8 Å². The Morgan fingerprint density at radius 1 is 1.06 bits per heavy atom. The van der Waals surface area contributed by atoms with Crippen LogP contribution in [0.5, 0.6) is 5.75 Å². The van der Waals surface area contributed by atoms with Gasteiger partial charge in [0.25, 0.3) is 0 Å². The van der Waals surface area contributed by atoms with Gasteiger partial charge in [-0.2, -0.15) is 0 Å². The van der Waals surface area contributed by atoms with Crippen LogP contribution in [0.4, 0.5) is 4.39 Å². The number of hydrogen-bond acceptors (Lipinski definition) is 3. The minimum Gasteiger partial charge on any atom is -0.426 e. The first-order valence-corrected chi connectivity index (χ1v) is 6.18. The molecule has 0 bridgehead atoms. The van der Waals surface area contributed by atoms with Gasteiger partial charge in [0.05, 0.1) is 4.90 Å². The number of carbonyl (C=O) groups is 1. The van der Waals surface area contributed by atoms with E-state index < -0.39 is 5.97 Å². The van der Waals surface area contributed by atoms with Crippen molar-refractivity contribution in [1.82, 2.24) is 0 Å². The minimum absolute atomic E-state index is 0.292. The Balaban J connectivity index is 2.29. The Morgan fingerprint density at radius 2 is 1.67 bits per heavy atom. The summed E-state index contributed by atoms with van der Waals surface area (Å²) in [5.74, 6) is -0.241. The van der Waals surface area contributed by atoms with Gasteiger partial charge in [-0.1, -0.05) is 36.0 Å². The van der Waals surface area contributed by atoms with E-state index >= 15 is 0 Å². The van der Waals surface area contributed by atoms with Crippen LogP contribution in [0.15, 0.2) is 58.3 Å². The fourth-order valence-electron chi connectivity index (χ4n) is 1.42. The number of para-hydroxylation sites is 1. The monoisotopic (exact) mass is 262 g/mol. The van der Waals surface area contributed by atoms with E-state index in [2.05, 4.69) is 0 Å². The van der Waals surface area contributed by atoms with Crippen LogP contribution in [0.25, 0.3) is 0 Å². The zero-order valence-electron chi connectivity index (χ0n) is 9.72. The highest BCUT2D eigenvalue weighted by Crippen LogP contribution is 2.35. The molecule has 0 radical (unpaired) electrons. The molecule has 2 aromatic carbocycles. The van der Waals surface area contributed by atoms with Crippen LogP contribution >= 0.6 is 11.8 Å². The van der Waals surface area contributed by atoms with Crippen LogP contribution in [0.3, 0.4) is 0 Å². The summed E-state index contributed by atoms with van der Waals surface area (Å²) in [6, 6.07) is 13.5. The zero-order chi connectivity index (χ0) is 13.0. The smallest absolute Gasteiger partial charge is 0.308 e. The summed E-state index contributed by atoms with van der Waals surface area (Å²) in [7, 11) is 0. The van der Waals surface area contributed by atoms with Crippen molar-refractivity contribution in [3.8, 4) is 5.75 Å². The molecular weight excluding hydrogens is 251 g/mol. The molecule has 0 aliphatic carbocycles. The van der Waals surface area contributed by atoms with E-state index in [9.17, 15) is 9.18 Å². The molecule has 0 aromatic heterocycles. The number of benzene rings is 2. The average Bonchev–Trinajstić information content (AvgIpc) is 2.34. The number of halogens is 1. The quantitative estimate of drug-likeness (QED) is 0.620. The second-order valence-corrected chi connectivity index (χ2v) is 4.66. The molecule has 2 nitrogen and oxygen atoms in total. The first kappa shape index (κ1) is 12.6. The van der Waals surface area contributed by atoms with Crippen molar-refractivity contribution in [2.75, 3.05) is 0 Å². The van der Waals surface area contributed by atoms with Crippen molar-refractivity contribution in [3.05, 3.63) is 54.3 Å². The third-order valence-electron chi connectivity index (χ3n) is 2.16. The molecule has 0 aliphatic heterocycles. The number of rotatable bonds is 3. The number of hydrogen-bond donors (Lipinski definition) is 0. The van der Waals surface area contributed by atoms with Gasteiger partial charge in [-0.05, 0) is 24.3 Å². The Morgan fingerprint density at radius 3 is 2.33 bits per heavy atom. The Hall–Kier alpha value is -1.81. The molecule has 0 heterocycles. The van der Waals surface area contributed by atoms with E-state index in [1.54, 1.807) is 36.4 Å². The molecule has 2 aromatic rings. The fraction of sp³-hybridized carbons (Fsp3) is 0.0714. The molecule has 92 valence electrons. The van der Waals surface area contributed by atoms with Crippen molar-refractivity contribution >= 4 is 17.7 Å². The maximum absolute atomic E-state index is 13.5. The number of ether oxygens (including phenoxy) is 1. The van der Waals surface area contributed by atoms with Crippen LogP contribution in [0.2, 0.25) is 0 Å².